The summed E-state index contributed by atoms with van der Waals surface area (Å²) in [7, 11) is -4.07. The lowest BCUT2D eigenvalue weighted by Gasteiger charge is -2.34. The van der Waals surface area contributed by atoms with Gasteiger partial charge >= 0.3 is 0 Å². The summed E-state index contributed by atoms with van der Waals surface area (Å²) in [4.78, 5) is 28.9. The van der Waals surface area contributed by atoms with Crippen molar-refractivity contribution < 1.29 is 18.0 Å². The Morgan fingerprint density at radius 3 is 2.05 bits per heavy atom. The molecule has 1 atom stereocenters. The van der Waals surface area contributed by atoms with Crippen molar-refractivity contribution in [3.05, 3.63) is 95.6 Å². The van der Waals surface area contributed by atoms with Crippen molar-refractivity contribution in [1.29, 1.82) is 0 Å². The van der Waals surface area contributed by atoms with E-state index in [0.29, 0.717) is 12.1 Å². The van der Waals surface area contributed by atoms with Gasteiger partial charge in [-0.15, -0.1) is 0 Å². The molecule has 1 N–H and O–H groups in total. The zero-order valence-electron chi connectivity index (χ0n) is 23.4. The molecule has 0 fully saturated rings. The van der Waals surface area contributed by atoms with Crippen LogP contribution in [-0.2, 0) is 32.6 Å². The van der Waals surface area contributed by atoms with Gasteiger partial charge in [0.2, 0.25) is 11.8 Å². The van der Waals surface area contributed by atoms with Crippen LogP contribution in [0.25, 0.3) is 0 Å². The molecule has 39 heavy (non-hydrogen) atoms. The number of anilines is 1. The zero-order valence-corrected chi connectivity index (χ0v) is 24.2. The summed E-state index contributed by atoms with van der Waals surface area (Å²) in [5.41, 5.74) is 3.32. The van der Waals surface area contributed by atoms with E-state index in [9.17, 15) is 18.0 Å². The van der Waals surface area contributed by atoms with Gasteiger partial charge in [-0.3, -0.25) is 13.9 Å². The summed E-state index contributed by atoms with van der Waals surface area (Å²) in [5, 5.41) is 2.92. The van der Waals surface area contributed by atoms with Gasteiger partial charge in [-0.05, 0) is 74.6 Å². The normalized spacial score (nSPS) is 12.2. The summed E-state index contributed by atoms with van der Waals surface area (Å²) < 4.78 is 28.8. The number of carbonyl (C=O) groups excluding carboxylic acids is 2. The third-order valence-electron chi connectivity index (χ3n) is 6.66. The van der Waals surface area contributed by atoms with Gasteiger partial charge in [0, 0.05) is 12.6 Å². The summed E-state index contributed by atoms with van der Waals surface area (Å²) in [5.74, 6) is -0.720. The van der Waals surface area contributed by atoms with E-state index in [-0.39, 0.29) is 23.4 Å². The second-order valence-electron chi connectivity index (χ2n) is 9.88. The molecule has 0 radical (unpaired) electrons. The topological polar surface area (TPSA) is 86.8 Å². The van der Waals surface area contributed by atoms with Gasteiger partial charge in [-0.1, -0.05) is 68.4 Å². The quantitative estimate of drug-likeness (QED) is 0.341. The number of nitrogens with one attached hydrogen (secondary N) is 1. The number of rotatable bonds is 12. The van der Waals surface area contributed by atoms with Crippen LogP contribution in [0.1, 0.15) is 50.8 Å². The first-order valence-corrected chi connectivity index (χ1v) is 14.8. The van der Waals surface area contributed by atoms with Gasteiger partial charge in [0.1, 0.15) is 12.6 Å². The van der Waals surface area contributed by atoms with E-state index in [4.69, 9.17) is 0 Å². The van der Waals surface area contributed by atoms with Gasteiger partial charge in [-0.25, -0.2) is 8.42 Å². The van der Waals surface area contributed by atoms with Gasteiger partial charge in [0.15, 0.2) is 0 Å². The maximum absolute atomic E-state index is 14.1. The Hall–Kier alpha value is -3.65. The Morgan fingerprint density at radius 1 is 0.872 bits per heavy atom. The van der Waals surface area contributed by atoms with E-state index in [1.165, 1.54) is 17.0 Å². The van der Waals surface area contributed by atoms with E-state index in [0.717, 1.165) is 27.4 Å². The SMILES string of the molecule is CCc1ccc(N(CC(=O)N(Cc2ccccc2C)[C@@H](CC)C(=O)NC(C)C)S(=O)(=O)c2ccccc2)cc1. The van der Waals surface area contributed by atoms with E-state index in [1.54, 1.807) is 30.3 Å². The first-order chi connectivity index (χ1) is 18.6. The molecule has 0 aliphatic rings. The molecule has 3 aromatic carbocycles. The van der Waals surface area contributed by atoms with Crippen molar-refractivity contribution in [3.63, 3.8) is 0 Å². The average molecular weight is 550 g/mol. The number of aryl methyl sites for hydroxylation is 2. The predicted molar refractivity (Wildman–Crippen MR) is 156 cm³/mol. The monoisotopic (exact) mass is 549 g/mol. The largest absolute Gasteiger partial charge is 0.352 e. The van der Waals surface area contributed by atoms with Crippen LogP contribution in [0.4, 0.5) is 5.69 Å². The number of hydrogen-bond donors (Lipinski definition) is 1. The van der Waals surface area contributed by atoms with E-state index in [2.05, 4.69) is 5.32 Å². The number of amides is 2. The molecule has 0 saturated heterocycles. The predicted octanol–water partition coefficient (Wildman–Crippen LogP) is 5.08. The second-order valence-corrected chi connectivity index (χ2v) is 11.7. The van der Waals surface area contributed by atoms with Crippen molar-refractivity contribution in [2.45, 2.75) is 71.0 Å². The van der Waals surface area contributed by atoms with Crippen LogP contribution >= 0.6 is 0 Å². The lowest BCUT2D eigenvalue weighted by molar-refractivity contribution is -0.140. The molecule has 7 nitrogen and oxygen atoms in total. The number of carbonyl (C=O) groups is 2. The van der Waals surface area contributed by atoms with Gasteiger partial charge in [-0.2, -0.15) is 0 Å². The van der Waals surface area contributed by atoms with Crippen molar-refractivity contribution in [2.24, 2.45) is 0 Å². The fourth-order valence-corrected chi connectivity index (χ4v) is 5.85. The lowest BCUT2D eigenvalue weighted by atomic mass is 10.1. The van der Waals surface area contributed by atoms with Crippen LogP contribution in [-0.4, -0.2) is 43.8 Å². The van der Waals surface area contributed by atoms with Gasteiger partial charge < -0.3 is 10.2 Å². The Bertz CT molecular complexity index is 1360. The molecule has 0 aliphatic heterocycles. The van der Waals surface area contributed by atoms with E-state index in [1.807, 2.05) is 71.0 Å². The Balaban J connectivity index is 2.06. The van der Waals surface area contributed by atoms with Crippen LogP contribution in [0, 0.1) is 6.92 Å². The molecule has 3 aromatic rings. The smallest absolute Gasteiger partial charge is 0.264 e. The van der Waals surface area contributed by atoms with Crippen LogP contribution in [0.2, 0.25) is 0 Å². The van der Waals surface area contributed by atoms with Crippen LogP contribution in [0.15, 0.2) is 83.8 Å². The Morgan fingerprint density at radius 2 is 1.49 bits per heavy atom. The van der Waals surface area contributed by atoms with E-state index >= 15 is 0 Å². The molecule has 0 aliphatic carbocycles. The average Bonchev–Trinajstić information content (AvgIpc) is 2.92. The number of nitrogens with zero attached hydrogens (tertiary/aromatic N) is 2. The molecule has 208 valence electrons. The molecular formula is C31H39N3O4S. The third-order valence-corrected chi connectivity index (χ3v) is 8.45. The molecule has 0 unspecified atom stereocenters. The van der Waals surface area contributed by atoms with Crippen LogP contribution < -0.4 is 9.62 Å². The molecule has 0 saturated carbocycles. The minimum atomic E-state index is -4.07. The minimum absolute atomic E-state index is 0.0902. The Kier molecular flexibility index (Phi) is 10.3. The molecule has 8 heteroatoms. The van der Waals surface area contributed by atoms with Crippen molar-refractivity contribution in [3.8, 4) is 0 Å². The molecule has 3 rings (SSSR count). The van der Waals surface area contributed by atoms with Crippen molar-refractivity contribution in [1.82, 2.24) is 10.2 Å². The number of hydrogen-bond acceptors (Lipinski definition) is 4. The first kappa shape index (κ1) is 29.9. The minimum Gasteiger partial charge on any atom is -0.352 e. The highest BCUT2D eigenvalue weighted by Gasteiger charge is 2.34. The van der Waals surface area contributed by atoms with Crippen molar-refractivity contribution >= 4 is 27.5 Å². The number of sulfonamides is 1. The zero-order chi connectivity index (χ0) is 28.6. The lowest BCUT2D eigenvalue weighted by Crippen LogP contribution is -2.53. The summed E-state index contributed by atoms with van der Waals surface area (Å²) >= 11 is 0. The summed E-state index contributed by atoms with van der Waals surface area (Å²) in [6, 6.07) is 22.1. The van der Waals surface area contributed by atoms with Crippen LogP contribution in [0.5, 0.6) is 0 Å². The molecular weight excluding hydrogens is 510 g/mol. The van der Waals surface area contributed by atoms with Gasteiger partial charge in [0.05, 0.1) is 10.6 Å². The molecule has 0 bridgehead atoms. The van der Waals surface area contributed by atoms with Gasteiger partial charge in [0.25, 0.3) is 10.0 Å². The maximum Gasteiger partial charge on any atom is 0.264 e. The van der Waals surface area contributed by atoms with Crippen LogP contribution in [0.3, 0.4) is 0 Å². The fraction of sp³-hybridized carbons (Fsp3) is 0.355. The molecule has 0 aromatic heterocycles. The molecule has 0 heterocycles. The highest BCUT2D eigenvalue weighted by atomic mass is 32.2. The second kappa shape index (κ2) is 13.4. The highest BCUT2D eigenvalue weighted by Crippen LogP contribution is 2.25. The van der Waals surface area contributed by atoms with E-state index < -0.39 is 28.5 Å². The summed E-state index contributed by atoms with van der Waals surface area (Å²) in [6.45, 7) is 9.30. The fourth-order valence-electron chi connectivity index (χ4n) is 4.42. The molecule has 0 spiro atoms. The number of benzene rings is 3. The standard InChI is InChI=1S/C31H39N3O4S/c1-6-25-17-19-27(20-18-25)34(39(37,38)28-15-9-8-10-16-28)22-30(35)33(21-26-14-12-11-13-24(26)5)29(7-2)31(36)32-23(3)4/h8-20,23,29H,6-7,21-22H2,1-5H3,(H,32,36)/t29-/m0/s1. The summed E-state index contributed by atoms with van der Waals surface area (Å²) in [6.07, 6.45) is 1.19. The molecule has 2 amide bonds. The maximum atomic E-state index is 14.1. The first-order valence-electron chi connectivity index (χ1n) is 13.4. The highest BCUT2D eigenvalue weighted by molar-refractivity contribution is 7.92. The van der Waals surface area contributed by atoms with Crippen molar-refractivity contribution in [2.75, 3.05) is 10.8 Å². The Labute approximate surface area is 232 Å². The third kappa shape index (κ3) is 7.47.